The van der Waals surface area contributed by atoms with Crippen molar-refractivity contribution in [2.24, 2.45) is 5.73 Å². The van der Waals surface area contributed by atoms with Crippen LogP contribution in [-0.4, -0.2) is 29.8 Å². The molecule has 0 radical (unpaired) electrons. The third-order valence-electron chi connectivity index (χ3n) is 4.66. The van der Waals surface area contributed by atoms with Gasteiger partial charge in [0, 0.05) is 24.2 Å². The smallest absolute Gasteiger partial charge is 0.167 e. The van der Waals surface area contributed by atoms with Crippen molar-refractivity contribution >= 4 is 28.5 Å². The number of hydrogen-bond donors (Lipinski definition) is 2. The van der Waals surface area contributed by atoms with Crippen LogP contribution in [-0.2, 0) is 13.0 Å². The number of pyridine rings is 1. The van der Waals surface area contributed by atoms with E-state index >= 15 is 0 Å². The highest BCUT2D eigenvalue weighted by Gasteiger charge is 2.19. The van der Waals surface area contributed by atoms with Gasteiger partial charge in [0.25, 0.3) is 0 Å². The second kappa shape index (κ2) is 7.40. The topological polar surface area (TPSA) is 97.8 Å². The van der Waals surface area contributed by atoms with Crippen molar-refractivity contribution < 1.29 is 0 Å². The zero-order valence-electron chi connectivity index (χ0n) is 15.2. The highest BCUT2D eigenvalue weighted by molar-refractivity contribution is 7.18. The molecule has 0 aliphatic carbocycles. The molecule has 9 heteroatoms. The number of benzene rings is 1. The summed E-state index contributed by atoms with van der Waals surface area (Å²) in [6.45, 7) is 0.476. The van der Waals surface area contributed by atoms with Crippen LogP contribution in [0.25, 0.3) is 26.8 Å². The van der Waals surface area contributed by atoms with Gasteiger partial charge in [-0.3, -0.25) is 5.10 Å². The molecule has 7 nitrogen and oxygen atoms in total. The minimum Gasteiger partial charge on any atom is -0.326 e. The largest absolute Gasteiger partial charge is 0.326 e. The molecule has 4 aromatic heterocycles. The van der Waals surface area contributed by atoms with Gasteiger partial charge in [-0.25, -0.2) is 14.5 Å². The summed E-state index contributed by atoms with van der Waals surface area (Å²) in [5.41, 5.74) is 10.9. The zero-order chi connectivity index (χ0) is 19.8. The summed E-state index contributed by atoms with van der Waals surface area (Å²) in [6, 6.07) is 11.8. The Kier molecular flexibility index (Phi) is 4.59. The molecular weight excluding hydrogens is 406 g/mol. The number of nitrogens with zero attached hydrogens (tertiary/aromatic N) is 5. The summed E-state index contributed by atoms with van der Waals surface area (Å²) in [4.78, 5) is 10.2. The van der Waals surface area contributed by atoms with Crippen molar-refractivity contribution in [3.8, 4) is 21.3 Å². The standard InChI is InChI=1S/C20H16ClN7S/c21-14-3-1-12(2-4-14)7-16-18(19-23-11-24-27-19)29-20(26-16)15-10-25-28-6-5-13(9-22)8-17(15)28/h1-6,8,10-11H,7,9,22H2,(H,23,24,27). The van der Waals surface area contributed by atoms with Crippen LogP contribution >= 0.6 is 22.9 Å². The number of hydrogen-bond acceptors (Lipinski definition) is 6. The van der Waals surface area contributed by atoms with Gasteiger partial charge in [-0.05, 0) is 35.4 Å². The van der Waals surface area contributed by atoms with Crippen molar-refractivity contribution in [2.75, 3.05) is 0 Å². The summed E-state index contributed by atoms with van der Waals surface area (Å²) in [5, 5.41) is 13.0. The number of fused-ring (bicyclic) bond motifs is 1. The first-order chi connectivity index (χ1) is 14.2. The normalized spacial score (nSPS) is 11.4. The van der Waals surface area contributed by atoms with Crippen molar-refractivity contribution in [1.82, 2.24) is 29.8 Å². The van der Waals surface area contributed by atoms with Gasteiger partial charge in [0.1, 0.15) is 11.3 Å². The van der Waals surface area contributed by atoms with Crippen LogP contribution in [0.3, 0.4) is 0 Å². The molecule has 0 saturated carbocycles. The number of halogens is 1. The molecule has 5 aromatic rings. The van der Waals surface area contributed by atoms with E-state index < -0.39 is 0 Å². The van der Waals surface area contributed by atoms with E-state index in [2.05, 4.69) is 26.3 Å². The molecule has 0 unspecified atom stereocenters. The van der Waals surface area contributed by atoms with E-state index in [4.69, 9.17) is 22.3 Å². The Labute approximate surface area is 175 Å². The van der Waals surface area contributed by atoms with Crippen LogP contribution in [0.5, 0.6) is 0 Å². The summed E-state index contributed by atoms with van der Waals surface area (Å²) >= 11 is 7.59. The first-order valence-electron chi connectivity index (χ1n) is 8.98. The van der Waals surface area contributed by atoms with Gasteiger partial charge < -0.3 is 5.73 Å². The molecule has 0 spiro atoms. The highest BCUT2D eigenvalue weighted by atomic mass is 35.5. The molecule has 1 aromatic carbocycles. The number of aromatic nitrogens is 6. The van der Waals surface area contributed by atoms with Gasteiger partial charge in [0.05, 0.1) is 27.8 Å². The number of H-pyrrole nitrogens is 1. The van der Waals surface area contributed by atoms with Gasteiger partial charge in [-0.2, -0.15) is 10.2 Å². The second-order valence-electron chi connectivity index (χ2n) is 6.56. The number of rotatable bonds is 5. The number of nitrogens with one attached hydrogen (secondary N) is 1. The lowest BCUT2D eigenvalue weighted by Crippen LogP contribution is -1.97. The van der Waals surface area contributed by atoms with Crippen LogP contribution in [0, 0.1) is 0 Å². The van der Waals surface area contributed by atoms with E-state index in [1.807, 2.05) is 47.2 Å². The van der Waals surface area contributed by atoms with Gasteiger partial charge in [-0.1, -0.05) is 23.7 Å². The van der Waals surface area contributed by atoms with Crippen LogP contribution in [0.1, 0.15) is 16.8 Å². The van der Waals surface area contributed by atoms with Crippen molar-refractivity contribution in [1.29, 1.82) is 0 Å². The minimum atomic E-state index is 0.476. The summed E-state index contributed by atoms with van der Waals surface area (Å²) < 4.78 is 1.84. The Morgan fingerprint density at radius 3 is 2.76 bits per heavy atom. The molecule has 29 heavy (non-hydrogen) atoms. The quantitative estimate of drug-likeness (QED) is 0.447. The summed E-state index contributed by atoms with van der Waals surface area (Å²) in [7, 11) is 0. The lowest BCUT2D eigenvalue weighted by Gasteiger charge is -2.01. The first-order valence-corrected chi connectivity index (χ1v) is 10.2. The van der Waals surface area contributed by atoms with Crippen LogP contribution < -0.4 is 5.73 Å². The maximum Gasteiger partial charge on any atom is 0.167 e. The Bertz CT molecular complexity index is 1270. The predicted octanol–water partition coefficient (Wildman–Crippen LogP) is 3.95. The molecule has 0 amide bonds. The number of nitrogens with two attached hydrogens (primary N) is 1. The van der Waals surface area contributed by atoms with Crippen LogP contribution in [0.4, 0.5) is 0 Å². The van der Waals surface area contributed by atoms with Crippen LogP contribution in [0.2, 0.25) is 5.02 Å². The van der Waals surface area contributed by atoms with Gasteiger partial charge >= 0.3 is 0 Å². The average molecular weight is 422 g/mol. The Morgan fingerprint density at radius 2 is 2.00 bits per heavy atom. The lowest BCUT2D eigenvalue weighted by molar-refractivity contribution is 0.947. The van der Waals surface area contributed by atoms with Crippen molar-refractivity contribution in [2.45, 2.75) is 13.0 Å². The third-order valence-corrected chi connectivity index (χ3v) is 6.05. The molecule has 0 aliphatic heterocycles. The van der Waals surface area contributed by atoms with E-state index in [1.165, 1.54) is 6.33 Å². The molecule has 0 bridgehead atoms. The minimum absolute atomic E-state index is 0.476. The van der Waals surface area contributed by atoms with Gasteiger partial charge in [0.15, 0.2) is 5.82 Å². The lowest BCUT2D eigenvalue weighted by atomic mass is 10.1. The molecule has 0 fully saturated rings. The maximum atomic E-state index is 6.02. The zero-order valence-corrected chi connectivity index (χ0v) is 16.8. The maximum absolute atomic E-state index is 6.02. The van der Waals surface area contributed by atoms with E-state index in [0.29, 0.717) is 23.8 Å². The van der Waals surface area contributed by atoms with Gasteiger partial charge in [-0.15, -0.1) is 11.3 Å². The monoisotopic (exact) mass is 421 g/mol. The fraction of sp³-hybridized carbons (Fsp3) is 0.100. The average Bonchev–Trinajstić information content (AvgIpc) is 3.48. The molecule has 0 aliphatic rings. The van der Waals surface area contributed by atoms with E-state index in [0.717, 1.165) is 37.8 Å². The Morgan fingerprint density at radius 1 is 1.14 bits per heavy atom. The number of thiazole rings is 1. The van der Waals surface area contributed by atoms with E-state index in [1.54, 1.807) is 11.3 Å². The Hall–Kier alpha value is -3.07. The summed E-state index contributed by atoms with van der Waals surface area (Å²) in [5.74, 6) is 0.705. The SMILES string of the molecule is NCc1ccn2ncc(-c3nc(Cc4ccc(Cl)cc4)c(-c4ncn[nH]4)s3)c2c1. The molecule has 0 atom stereocenters. The highest BCUT2D eigenvalue weighted by Crippen LogP contribution is 2.36. The first kappa shape index (κ1) is 18.0. The molecule has 3 N–H and O–H groups in total. The third kappa shape index (κ3) is 3.42. The molecule has 5 rings (SSSR count). The molecule has 0 saturated heterocycles. The molecule has 144 valence electrons. The van der Waals surface area contributed by atoms with Crippen molar-refractivity contribution in [3.63, 3.8) is 0 Å². The fourth-order valence-corrected chi connectivity index (χ4v) is 4.37. The molecular formula is C20H16ClN7S. The van der Waals surface area contributed by atoms with Crippen molar-refractivity contribution in [3.05, 3.63) is 77.0 Å². The second-order valence-corrected chi connectivity index (χ2v) is 7.99. The Balaban J connectivity index is 1.62. The van der Waals surface area contributed by atoms with Crippen LogP contribution in [0.15, 0.2) is 55.1 Å². The fourth-order valence-electron chi connectivity index (χ4n) is 3.20. The summed E-state index contributed by atoms with van der Waals surface area (Å²) in [6.07, 6.45) is 5.92. The predicted molar refractivity (Wildman–Crippen MR) is 114 cm³/mol. The van der Waals surface area contributed by atoms with E-state index in [9.17, 15) is 0 Å². The number of aromatic amines is 1. The van der Waals surface area contributed by atoms with Gasteiger partial charge in [0.2, 0.25) is 0 Å². The molecule has 4 heterocycles. The van der Waals surface area contributed by atoms with E-state index in [-0.39, 0.29) is 0 Å².